The first-order valence-corrected chi connectivity index (χ1v) is 17.0. The number of hydrogen-bond donors (Lipinski definition) is 5. The number of aliphatic hydroxyl groups is 3. The molecule has 54 heavy (non-hydrogen) atoms. The van der Waals surface area contributed by atoms with Gasteiger partial charge in [0.2, 0.25) is 5.78 Å². The van der Waals surface area contributed by atoms with Crippen LogP contribution in [0.5, 0.6) is 5.75 Å². The van der Waals surface area contributed by atoms with Gasteiger partial charge in [-0.15, -0.1) is 0 Å². The number of phenolic OH excluding ortho intramolecular Hbond substituents is 1. The Morgan fingerprint density at radius 1 is 0.815 bits per heavy atom. The average Bonchev–Trinajstić information content (AvgIpc) is 3.51. The van der Waals surface area contributed by atoms with Crippen molar-refractivity contribution in [2.24, 2.45) is 17.6 Å². The van der Waals surface area contributed by atoms with Crippen molar-refractivity contribution in [1.29, 1.82) is 0 Å². The second kappa shape index (κ2) is 11.8. The number of benzene rings is 3. The number of allylic oxidation sites excluding steroid dienone is 1. The number of primary amides is 1. The number of amides is 5. The number of fused-ring (bicyclic) bond motifs is 5. The highest BCUT2D eigenvalue weighted by Crippen LogP contribution is 2.53. The summed E-state index contributed by atoms with van der Waals surface area (Å²) in [5.41, 5.74) is 1.71. The largest absolute Gasteiger partial charge is 0.510 e. The van der Waals surface area contributed by atoms with E-state index in [1.54, 1.807) is 24.3 Å². The summed E-state index contributed by atoms with van der Waals surface area (Å²) in [4.78, 5) is 97.8. The average molecular weight is 733 g/mol. The highest BCUT2D eigenvalue weighted by Gasteiger charge is 2.63. The second-order valence-electron chi connectivity index (χ2n) is 14.3. The van der Waals surface area contributed by atoms with E-state index in [4.69, 9.17) is 5.73 Å². The van der Waals surface area contributed by atoms with Crippen molar-refractivity contribution < 1.29 is 54.0 Å². The van der Waals surface area contributed by atoms with E-state index < -0.39 is 105 Å². The minimum atomic E-state index is -2.87. The number of nitrogens with two attached hydrogens (primary N) is 1. The summed E-state index contributed by atoms with van der Waals surface area (Å²) in [5, 5.41) is 46.7. The molecule has 274 valence electrons. The van der Waals surface area contributed by atoms with Crippen molar-refractivity contribution in [2.45, 2.75) is 37.6 Å². The molecule has 2 aliphatic heterocycles. The van der Waals surface area contributed by atoms with Gasteiger partial charge >= 0.3 is 0 Å². The summed E-state index contributed by atoms with van der Waals surface area (Å²) in [5.74, 6) is -11.0. The SMILES string of the molecule is CN(C)C1C(O)=C(C(N)=O)C(=O)C2(O)C(O)=C3C(=O)c4c(O)c(CN5C(=O)c6ccccc6C5=O)cc(CN5C(=O)c6ccccc6C5=O)c4CC3CC12. The Bertz CT molecular complexity index is 2340. The zero-order valence-corrected chi connectivity index (χ0v) is 28.8. The smallest absolute Gasteiger partial charge is 0.261 e. The zero-order valence-electron chi connectivity index (χ0n) is 28.8. The van der Waals surface area contributed by atoms with Crippen molar-refractivity contribution in [2.75, 3.05) is 14.1 Å². The number of aromatic hydroxyl groups is 1. The molecule has 6 N–H and O–H groups in total. The quantitative estimate of drug-likeness (QED) is 0.180. The summed E-state index contributed by atoms with van der Waals surface area (Å²) in [6, 6.07) is 12.6. The van der Waals surface area contributed by atoms with Crippen molar-refractivity contribution in [3.05, 3.63) is 122 Å². The molecule has 0 saturated carbocycles. The highest BCUT2D eigenvalue weighted by molar-refractivity contribution is 6.25. The van der Waals surface area contributed by atoms with Crippen LogP contribution < -0.4 is 5.73 Å². The molecule has 0 fully saturated rings. The molecular weight excluding hydrogens is 700 g/mol. The monoisotopic (exact) mass is 732 g/mol. The number of carbonyl (C=O) groups excluding carboxylic acids is 7. The molecule has 0 aromatic heterocycles. The molecule has 4 atom stereocenters. The van der Waals surface area contributed by atoms with E-state index in [2.05, 4.69) is 0 Å². The van der Waals surface area contributed by atoms with Gasteiger partial charge in [0.15, 0.2) is 11.4 Å². The van der Waals surface area contributed by atoms with Crippen LogP contribution in [0.2, 0.25) is 0 Å². The molecular formula is C39H32N4O11. The molecule has 3 aromatic rings. The molecule has 4 unspecified atom stereocenters. The number of likely N-dealkylation sites (N-methyl/N-ethyl adjacent to an activating group) is 1. The van der Waals surface area contributed by atoms with Crippen LogP contribution in [0.15, 0.2) is 77.3 Å². The van der Waals surface area contributed by atoms with Crippen LogP contribution in [0.1, 0.15) is 74.9 Å². The molecule has 2 heterocycles. The van der Waals surface area contributed by atoms with Crippen LogP contribution in [0, 0.1) is 11.8 Å². The third-order valence-electron chi connectivity index (χ3n) is 11.3. The fourth-order valence-corrected chi connectivity index (χ4v) is 8.83. The number of hydrogen-bond acceptors (Lipinski definition) is 12. The molecule has 15 nitrogen and oxygen atoms in total. The Morgan fingerprint density at radius 3 is 1.76 bits per heavy atom. The Labute approximate surface area is 306 Å². The van der Waals surface area contributed by atoms with Crippen molar-refractivity contribution in [3.63, 3.8) is 0 Å². The Hall–Kier alpha value is -6.45. The molecule has 5 aliphatic rings. The zero-order chi connectivity index (χ0) is 38.7. The Balaban J connectivity index is 1.28. The lowest BCUT2D eigenvalue weighted by atomic mass is 9.58. The number of Topliss-reactive ketones (excluding diaryl/α,β-unsaturated/α-hetero) is 2. The maximum absolute atomic E-state index is 14.6. The first-order valence-electron chi connectivity index (χ1n) is 17.0. The molecule has 0 radical (unpaired) electrons. The fraction of sp³-hybridized carbons (Fsp3) is 0.256. The van der Waals surface area contributed by atoms with E-state index in [1.165, 1.54) is 49.3 Å². The third-order valence-corrected chi connectivity index (χ3v) is 11.3. The highest BCUT2D eigenvalue weighted by atomic mass is 16.3. The van der Waals surface area contributed by atoms with Crippen molar-refractivity contribution in [1.82, 2.24) is 14.7 Å². The second-order valence-corrected chi connectivity index (χ2v) is 14.3. The van der Waals surface area contributed by atoms with Gasteiger partial charge in [-0.1, -0.05) is 24.3 Å². The van der Waals surface area contributed by atoms with Crippen LogP contribution in [-0.2, 0) is 29.1 Å². The van der Waals surface area contributed by atoms with Gasteiger partial charge in [0.25, 0.3) is 29.5 Å². The Morgan fingerprint density at radius 2 is 1.30 bits per heavy atom. The van der Waals surface area contributed by atoms with Gasteiger partial charge in [0.1, 0.15) is 22.8 Å². The number of phenols is 1. The van der Waals surface area contributed by atoms with Crippen LogP contribution in [-0.4, -0.2) is 102 Å². The van der Waals surface area contributed by atoms with Crippen LogP contribution >= 0.6 is 0 Å². The van der Waals surface area contributed by atoms with Crippen LogP contribution in [0.4, 0.5) is 0 Å². The van der Waals surface area contributed by atoms with E-state index >= 15 is 0 Å². The number of ketones is 2. The minimum absolute atomic E-state index is 0.0977. The number of aliphatic hydroxyl groups excluding tert-OH is 2. The molecule has 0 bridgehead atoms. The molecule has 8 rings (SSSR count). The summed E-state index contributed by atoms with van der Waals surface area (Å²) in [6.07, 6.45) is -0.302. The van der Waals surface area contributed by atoms with Gasteiger partial charge in [-0.2, -0.15) is 0 Å². The van der Waals surface area contributed by atoms with E-state index in [0.29, 0.717) is 0 Å². The first kappa shape index (κ1) is 34.6. The molecule has 3 aromatic carbocycles. The van der Waals surface area contributed by atoms with E-state index in [1.807, 2.05) is 0 Å². The lowest BCUT2D eigenvalue weighted by molar-refractivity contribution is -0.148. The first-order chi connectivity index (χ1) is 25.6. The summed E-state index contributed by atoms with van der Waals surface area (Å²) < 4.78 is 0. The lowest BCUT2D eigenvalue weighted by Crippen LogP contribution is -2.63. The van der Waals surface area contributed by atoms with Gasteiger partial charge in [0, 0.05) is 17.1 Å². The molecule has 0 saturated heterocycles. The van der Waals surface area contributed by atoms with Crippen LogP contribution in [0.3, 0.4) is 0 Å². The van der Waals surface area contributed by atoms with Gasteiger partial charge in [0.05, 0.1) is 46.9 Å². The predicted octanol–water partition coefficient (Wildman–Crippen LogP) is 1.71. The fourth-order valence-electron chi connectivity index (χ4n) is 8.83. The van der Waals surface area contributed by atoms with Gasteiger partial charge in [-0.05, 0) is 74.3 Å². The summed E-state index contributed by atoms with van der Waals surface area (Å²) in [6.45, 7) is -0.907. The van der Waals surface area contributed by atoms with Crippen molar-refractivity contribution >= 4 is 41.1 Å². The van der Waals surface area contributed by atoms with E-state index in [-0.39, 0.29) is 58.3 Å². The Kier molecular flexibility index (Phi) is 7.55. The van der Waals surface area contributed by atoms with E-state index in [0.717, 1.165) is 9.80 Å². The normalized spacial score (nSPS) is 24.6. The number of nitrogens with zero attached hydrogens (tertiary/aromatic N) is 3. The van der Waals surface area contributed by atoms with Gasteiger partial charge in [-0.25, -0.2) is 0 Å². The molecule has 5 amide bonds. The third kappa shape index (κ3) is 4.51. The summed E-state index contributed by atoms with van der Waals surface area (Å²) in [7, 11) is 3.03. The topological polar surface area (TPSA) is 236 Å². The summed E-state index contributed by atoms with van der Waals surface area (Å²) >= 11 is 0. The predicted molar refractivity (Wildman–Crippen MR) is 185 cm³/mol. The van der Waals surface area contributed by atoms with E-state index in [9.17, 15) is 54.0 Å². The minimum Gasteiger partial charge on any atom is -0.510 e. The number of imide groups is 2. The standard InChI is InChI=1S/C39H32N4O11/c1-41(2)28-24-13-16-12-23-17(14-42-35(50)19-7-3-4-8-20(19)36(42)51)11-18(15-43-37(52)21-9-5-6-10-22(21)38(43)53)29(44)26(23)30(45)25(16)32(47)39(24,54)33(48)27(31(28)46)34(40)49/h3-11,16,24,28,44,46-47,54H,12-15H2,1-2H3,(H2,40,49). The maximum Gasteiger partial charge on any atom is 0.261 e. The molecule has 0 spiro atoms. The lowest BCUT2D eigenvalue weighted by Gasteiger charge is -2.50. The number of carbonyl (C=O) groups is 7. The van der Waals surface area contributed by atoms with Gasteiger partial charge < -0.3 is 26.2 Å². The van der Waals surface area contributed by atoms with Crippen LogP contribution in [0.25, 0.3) is 0 Å². The molecule has 15 heteroatoms. The number of rotatable bonds is 6. The van der Waals surface area contributed by atoms with Gasteiger partial charge in [-0.3, -0.25) is 48.3 Å². The molecule has 3 aliphatic carbocycles. The van der Waals surface area contributed by atoms with Crippen molar-refractivity contribution in [3.8, 4) is 5.75 Å². The maximum atomic E-state index is 14.6.